The second-order valence-electron chi connectivity index (χ2n) is 4.72. The van der Waals surface area contributed by atoms with Crippen molar-refractivity contribution in [2.45, 2.75) is 43.6 Å². The Morgan fingerprint density at radius 3 is 2.41 bits per heavy atom. The van der Waals surface area contributed by atoms with E-state index in [4.69, 9.17) is 4.74 Å². The zero-order valence-electron chi connectivity index (χ0n) is 10.7. The maximum Gasteiger partial charge on any atom is 0.408 e. The molecule has 0 saturated heterocycles. The highest BCUT2D eigenvalue weighted by atomic mass is 32.2. The summed E-state index contributed by atoms with van der Waals surface area (Å²) in [5.74, 6) is 0. The van der Waals surface area contributed by atoms with Crippen LogP contribution in [0.2, 0.25) is 0 Å². The van der Waals surface area contributed by atoms with Crippen molar-refractivity contribution in [2.24, 2.45) is 0 Å². The Balaban J connectivity index is 2.40. The van der Waals surface area contributed by atoms with E-state index in [0.717, 1.165) is 4.90 Å². The molecule has 94 valence electrons. The molecular weight excluding hydrogens is 234 g/mol. The standard InChI is InChI=1S/C13H19NO2S/c1-10(14-12(15)16-13(2,3)4)17-11-8-6-5-7-9-11/h5-10H,1-4H3,(H,14,15). The number of ether oxygens (including phenoxy) is 1. The van der Waals surface area contributed by atoms with Crippen molar-refractivity contribution in [3.05, 3.63) is 30.3 Å². The van der Waals surface area contributed by atoms with Crippen molar-refractivity contribution in [1.82, 2.24) is 5.32 Å². The first-order valence-corrected chi connectivity index (χ1v) is 6.46. The normalized spacial score (nSPS) is 12.9. The lowest BCUT2D eigenvalue weighted by molar-refractivity contribution is 0.0525. The number of hydrogen-bond donors (Lipinski definition) is 1. The van der Waals surface area contributed by atoms with E-state index >= 15 is 0 Å². The lowest BCUT2D eigenvalue weighted by Crippen LogP contribution is -2.36. The Bertz CT molecular complexity index is 359. The highest BCUT2D eigenvalue weighted by Crippen LogP contribution is 2.21. The minimum absolute atomic E-state index is 0.0211. The second-order valence-corrected chi connectivity index (χ2v) is 6.13. The summed E-state index contributed by atoms with van der Waals surface area (Å²) in [5.41, 5.74) is -0.457. The third-order valence-electron chi connectivity index (χ3n) is 1.78. The van der Waals surface area contributed by atoms with Gasteiger partial charge < -0.3 is 10.1 Å². The largest absolute Gasteiger partial charge is 0.444 e. The average molecular weight is 253 g/mol. The Kier molecular flexibility index (Phi) is 4.87. The smallest absolute Gasteiger partial charge is 0.408 e. The van der Waals surface area contributed by atoms with Crippen LogP contribution in [0.3, 0.4) is 0 Å². The maximum absolute atomic E-state index is 11.5. The van der Waals surface area contributed by atoms with Crippen LogP contribution in [-0.4, -0.2) is 17.1 Å². The highest BCUT2D eigenvalue weighted by molar-refractivity contribution is 7.99. The van der Waals surface area contributed by atoms with Gasteiger partial charge in [-0.15, -0.1) is 11.8 Å². The van der Waals surface area contributed by atoms with Crippen LogP contribution in [0, 0.1) is 0 Å². The molecule has 1 N–H and O–H groups in total. The van der Waals surface area contributed by atoms with E-state index in [2.05, 4.69) is 5.32 Å². The van der Waals surface area contributed by atoms with E-state index in [1.54, 1.807) is 11.8 Å². The number of carbonyl (C=O) groups is 1. The zero-order valence-corrected chi connectivity index (χ0v) is 11.5. The summed E-state index contributed by atoms with van der Waals surface area (Å²) >= 11 is 1.59. The van der Waals surface area contributed by atoms with E-state index in [1.165, 1.54) is 0 Å². The fraction of sp³-hybridized carbons (Fsp3) is 0.462. The molecule has 3 nitrogen and oxygen atoms in total. The third-order valence-corrected chi connectivity index (χ3v) is 2.79. The van der Waals surface area contributed by atoms with Crippen molar-refractivity contribution in [1.29, 1.82) is 0 Å². The van der Waals surface area contributed by atoms with Crippen LogP contribution in [0.1, 0.15) is 27.7 Å². The van der Waals surface area contributed by atoms with Gasteiger partial charge in [0.1, 0.15) is 5.60 Å². The third kappa shape index (κ3) is 6.22. The molecule has 1 unspecified atom stereocenters. The van der Waals surface area contributed by atoms with Gasteiger partial charge >= 0.3 is 6.09 Å². The summed E-state index contributed by atoms with van der Waals surface area (Å²) in [4.78, 5) is 12.6. The molecule has 0 heterocycles. The molecule has 0 spiro atoms. The van der Waals surface area contributed by atoms with Gasteiger partial charge in [0.2, 0.25) is 0 Å². The Hall–Kier alpha value is -1.16. The molecule has 0 aromatic heterocycles. The maximum atomic E-state index is 11.5. The molecule has 1 amide bonds. The Labute approximate surface area is 107 Å². The predicted octanol–water partition coefficient (Wildman–Crippen LogP) is 3.65. The number of alkyl carbamates (subject to hydrolysis) is 1. The summed E-state index contributed by atoms with van der Waals surface area (Å²) in [7, 11) is 0. The van der Waals surface area contributed by atoms with Crippen molar-refractivity contribution in [2.75, 3.05) is 0 Å². The molecule has 0 bridgehead atoms. The van der Waals surface area contributed by atoms with Crippen LogP contribution in [0.4, 0.5) is 4.79 Å². The van der Waals surface area contributed by atoms with Crippen LogP contribution in [0.25, 0.3) is 0 Å². The van der Waals surface area contributed by atoms with Crippen LogP contribution >= 0.6 is 11.8 Å². The first kappa shape index (κ1) is 13.9. The summed E-state index contributed by atoms with van der Waals surface area (Å²) in [6.45, 7) is 7.48. The van der Waals surface area contributed by atoms with Crippen molar-refractivity contribution >= 4 is 17.9 Å². The highest BCUT2D eigenvalue weighted by Gasteiger charge is 2.17. The molecule has 1 aromatic rings. The summed E-state index contributed by atoms with van der Waals surface area (Å²) < 4.78 is 5.18. The van der Waals surface area contributed by atoms with Gasteiger partial charge in [0, 0.05) is 4.90 Å². The topological polar surface area (TPSA) is 38.3 Å². The first-order valence-electron chi connectivity index (χ1n) is 5.58. The number of benzene rings is 1. The lowest BCUT2D eigenvalue weighted by atomic mass is 10.2. The lowest BCUT2D eigenvalue weighted by Gasteiger charge is -2.21. The van der Waals surface area contributed by atoms with Gasteiger partial charge in [0.25, 0.3) is 0 Å². The van der Waals surface area contributed by atoms with Gasteiger partial charge in [-0.25, -0.2) is 4.79 Å². The Morgan fingerprint density at radius 2 is 1.88 bits per heavy atom. The van der Waals surface area contributed by atoms with E-state index in [-0.39, 0.29) is 11.5 Å². The fourth-order valence-electron chi connectivity index (χ4n) is 1.21. The van der Waals surface area contributed by atoms with Crippen LogP contribution < -0.4 is 5.32 Å². The molecule has 0 radical (unpaired) electrons. The number of carbonyl (C=O) groups excluding carboxylic acids is 1. The van der Waals surface area contributed by atoms with Gasteiger partial charge in [-0.1, -0.05) is 18.2 Å². The van der Waals surface area contributed by atoms with Gasteiger partial charge in [0.05, 0.1) is 5.37 Å². The second kappa shape index (κ2) is 5.96. The van der Waals surface area contributed by atoms with E-state index in [1.807, 2.05) is 58.0 Å². The molecule has 0 fully saturated rings. The number of rotatable bonds is 3. The van der Waals surface area contributed by atoms with Gasteiger partial charge in [0.15, 0.2) is 0 Å². The minimum atomic E-state index is -0.457. The summed E-state index contributed by atoms with van der Waals surface area (Å²) in [5, 5.41) is 2.77. The molecule has 0 aliphatic carbocycles. The summed E-state index contributed by atoms with van der Waals surface area (Å²) in [6, 6.07) is 9.94. The van der Waals surface area contributed by atoms with Crippen LogP contribution in [0.5, 0.6) is 0 Å². The van der Waals surface area contributed by atoms with Gasteiger partial charge in [-0.2, -0.15) is 0 Å². The fourth-order valence-corrected chi connectivity index (χ4v) is 2.08. The van der Waals surface area contributed by atoms with Gasteiger partial charge in [-0.05, 0) is 39.8 Å². The molecule has 17 heavy (non-hydrogen) atoms. The molecule has 1 atom stereocenters. The Morgan fingerprint density at radius 1 is 1.29 bits per heavy atom. The number of nitrogens with one attached hydrogen (secondary N) is 1. The molecule has 1 rings (SSSR count). The average Bonchev–Trinajstić information content (AvgIpc) is 2.15. The van der Waals surface area contributed by atoms with E-state index in [9.17, 15) is 4.79 Å². The van der Waals surface area contributed by atoms with E-state index in [0.29, 0.717) is 0 Å². The van der Waals surface area contributed by atoms with Crippen LogP contribution in [-0.2, 0) is 4.74 Å². The first-order chi connectivity index (χ1) is 7.87. The van der Waals surface area contributed by atoms with E-state index < -0.39 is 5.60 Å². The number of amides is 1. The SMILES string of the molecule is CC(NC(=O)OC(C)(C)C)Sc1ccccc1. The summed E-state index contributed by atoms with van der Waals surface area (Å²) in [6.07, 6.45) is -0.381. The number of thioether (sulfide) groups is 1. The monoisotopic (exact) mass is 253 g/mol. The zero-order chi connectivity index (χ0) is 12.9. The van der Waals surface area contributed by atoms with Crippen molar-refractivity contribution in [3.8, 4) is 0 Å². The van der Waals surface area contributed by atoms with Crippen LogP contribution in [0.15, 0.2) is 35.2 Å². The molecule has 1 aromatic carbocycles. The molecular formula is C13H19NO2S. The van der Waals surface area contributed by atoms with Crippen molar-refractivity contribution in [3.63, 3.8) is 0 Å². The molecule has 0 aliphatic heterocycles. The van der Waals surface area contributed by atoms with Gasteiger partial charge in [-0.3, -0.25) is 0 Å². The molecule has 0 aliphatic rings. The minimum Gasteiger partial charge on any atom is -0.444 e. The van der Waals surface area contributed by atoms with Crippen molar-refractivity contribution < 1.29 is 9.53 Å². The molecule has 4 heteroatoms. The predicted molar refractivity (Wildman–Crippen MR) is 71.1 cm³/mol. The quantitative estimate of drug-likeness (QED) is 0.660. The molecule has 0 saturated carbocycles. The number of hydrogen-bond acceptors (Lipinski definition) is 3.